The molecule has 1 atom stereocenters. The van der Waals surface area contributed by atoms with Gasteiger partial charge in [-0.15, -0.1) is 11.3 Å². The Balaban J connectivity index is 1.76. The van der Waals surface area contributed by atoms with Crippen LogP contribution in [-0.4, -0.2) is 16.0 Å². The molecular formula is C21H23N3O2S. The number of benzene rings is 2. The molecule has 6 heteroatoms. The Morgan fingerprint density at radius 1 is 1.22 bits per heavy atom. The zero-order valence-corrected chi connectivity index (χ0v) is 16.0. The minimum Gasteiger partial charge on any atom is -0.508 e. The second-order valence-corrected chi connectivity index (χ2v) is 7.33. The number of nitrogen functional groups attached to an aromatic ring is 1. The summed E-state index contributed by atoms with van der Waals surface area (Å²) in [4.78, 5) is 17.2. The smallest absolute Gasteiger partial charge is 0.224 e. The molecule has 2 aromatic carbocycles. The average Bonchev–Trinajstić information content (AvgIpc) is 3.12. The maximum Gasteiger partial charge on any atom is 0.224 e. The normalized spacial score (nSPS) is 11.9. The van der Waals surface area contributed by atoms with E-state index in [1.54, 1.807) is 29.5 Å². The van der Waals surface area contributed by atoms with Crippen molar-refractivity contribution in [1.29, 1.82) is 0 Å². The van der Waals surface area contributed by atoms with Crippen LogP contribution in [0.15, 0.2) is 53.9 Å². The molecule has 0 bridgehead atoms. The number of phenolic OH excluding ortho intramolecular Hbond substituents is 1. The van der Waals surface area contributed by atoms with Gasteiger partial charge in [-0.1, -0.05) is 31.2 Å². The number of carbonyl (C=O) groups excluding carboxylic acids is 1. The van der Waals surface area contributed by atoms with Gasteiger partial charge in [0, 0.05) is 11.1 Å². The molecule has 0 fully saturated rings. The highest BCUT2D eigenvalue weighted by molar-refractivity contribution is 7.09. The summed E-state index contributed by atoms with van der Waals surface area (Å²) < 4.78 is 0. The first-order chi connectivity index (χ1) is 13.0. The number of rotatable bonds is 7. The van der Waals surface area contributed by atoms with Gasteiger partial charge in [-0.05, 0) is 48.2 Å². The Labute approximate surface area is 162 Å². The van der Waals surface area contributed by atoms with Crippen molar-refractivity contribution < 1.29 is 9.90 Å². The predicted octanol–water partition coefficient (Wildman–Crippen LogP) is 3.64. The summed E-state index contributed by atoms with van der Waals surface area (Å²) >= 11 is 1.56. The molecule has 140 valence electrons. The third-order valence-corrected chi connectivity index (χ3v) is 5.27. The minimum atomic E-state index is -0.205. The largest absolute Gasteiger partial charge is 0.508 e. The maximum atomic E-state index is 12.6. The molecule has 1 aromatic heterocycles. The molecule has 0 saturated carbocycles. The summed E-state index contributed by atoms with van der Waals surface area (Å²) in [6.45, 7) is 2.06. The van der Waals surface area contributed by atoms with Crippen molar-refractivity contribution in [2.45, 2.75) is 32.2 Å². The molecular weight excluding hydrogens is 358 g/mol. The Hall–Kier alpha value is -2.86. The maximum absolute atomic E-state index is 12.6. The van der Waals surface area contributed by atoms with E-state index in [4.69, 9.17) is 5.73 Å². The van der Waals surface area contributed by atoms with E-state index in [0.717, 1.165) is 28.2 Å². The first-order valence-corrected chi connectivity index (χ1v) is 9.77. The van der Waals surface area contributed by atoms with Crippen LogP contribution in [-0.2, 0) is 24.1 Å². The molecule has 0 aliphatic rings. The van der Waals surface area contributed by atoms with Gasteiger partial charge >= 0.3 is 0 Å². The Kier molecular flexibility index (Phi) is 6.08. The average molecular weight is 382 g/mol. The third-order valence-electron chi connectivity index (χ3n) is 4.26. The van der Waals surface area contributed by atoms with Gasteiger partial charge in [0.1, 0.15) is 10.8 Å². The van der Waals surface area contributed by atoms with Crippen LogP contribution in [0.3, 0.4) is 0 Å². The lowest BCUT2D eigenvalue weighted by Gasteiger charge is -2.17. The predicted molar refractivity (Wildman–Crippen MR) is 109 cm³/mol. The van der Waals surface area contributed by atoms with Crippen molar-refractivity contribution in [3.63, 3.8) is 0 Å². The van der Waals surface area contributed by atoms with Gasteiger partial charge in [0.15, 0.2) is 0 Å². The second-order valence-electron chi connectivity index (χ2n) is 6.44. The van der Waals surface area contributed by atoms with E-state index in [9.17, 15) is 9.90 Å². The molecule has 0 aliphatic carbocycles. The number of nitrogens with one attached hydrogen (secondary N) is 1. The molecule has 0 aliphatic heterocycles. The SMILES string of the molecule is CCc1csc(C(Cc2ccc(N)cc2)NC(=O)Cc2cccc(O)c2)n1. The fourth-order valence-corrected chi connectivity index (χ4v) is 3.78. The van der Waals surface area contributed by atoms with Gasteiger partial charge in [-0.25, -0.2) is 4.98 Å². The number of aromatic hydroxyl groups is 1. The topological polar surface area (TPSA) is 88.2 Å². The van der Waals surface area contributed by atoms with Gasteiger partial charge in [-0.2, -0.15) is 0 Å². The number of nitrogens with two attached hydrogens (primary N) is 1. The van der Waals surface area contributed by atoms with E-state index in [2.05, 4.69) is 17.2 Å². The zero-order chi connectivity index (χ0) is 19.2. The third kappa shape index (κ3) is 5.31. The van der Waals surface area contributed by atoms with Crippen LogP contribution < -0.4 is 11.1 Å². The molecule has 4 N–H and O–H groups in total. The summed E-state index contributed by atoms with van der Waals surface area (Å²) in [6.07, 6.45) is 1.71. The van der Waals surface area contributed by atoms with Crippen LogP contribution >= 0.6 is 11.3 Å². The number of nitrogens with zero attached hydrogens (tertiary/aromatic N) is 1. The number of carbonyl (C=O) groups is 1. The van der Waals surface area contributed by atoms with Gasteiger partial charge in [0.2, 0.25) is 5.91 Å². The number of aryl methyl sites for hydroxylation is 1. The number of hydrogen-bond acceptors (Lipinski definition) is 5. The van der Waals surface area contributed by atoms with Crippen molar-refractivity contribution in [1.82, 2.24) is 10.3 Å². The first-order valence-electron chi connectivity index (χ1n) is 8.89. The number of amides is 1. The van der Waals surface area contributed by atoms with Gasteiger partial charge in [0.05, 0.1) is 18.2 Å². The van der Waals surface area contributed by atoms with Crippen LogP contribution in [0, 0.1) is 0 Å². The van der Waals surface area contributed by atoms with Crippen molar-refractivity contribution >= 4 is 22.9 Å². The lowest BCUT2D eigenvalue weighted by atomic mass is 10.0. The molecule has 0 saturated heterocycles. The van der Waals surface area contributed by atoms with Crippen LogP contribution in [0.2, 0.25) is 0 Å². The van der Waals surface area contributed by atoms with E-state index >= 15 is 0 Å². The Morgan fingerprint density at radius 3 is 2.67 bits per heavy atom. The second kappa shape index (κ2) is 8.68. The van der Waals surface area contributed by atoms with Crippen LogP contribution in [0.1, 0.15) is 34.8 Å². The molecule has 1 heterocycles. The molecule has 3 aromatic rings. The van der Waals surface area contributed by atoms with Crippen molar-refractivity contribution in [2.24, 2.45) is 0 Å². The molecule has 0 radical (unpaired) electrons. The van der Waals surface area contributed by atoms with Crippen molar-refractivity contribution in [3.05, 3.63) is 75.7 Å². The van der Waals surface area contributed by atoms with Crippen molar-refractivity contribution in [2.75, 3.05) is 5.73 Å². The van der Waals surface area contributed by atoms with E-state index in [0.29, 0.717) is 12.1 Å². The molecule has 0 spiro atoms. The van der Waals surface area contributed by atoms with E-state index in [1.165, 1.54) is 0 Å². The van der Waals surface area contributed by atoms with Crippen molar-refractivity contribution in [3.8, 4) is 5.75 Å². The molecule has 1 unspecified atom stereocenters. The van der Waals surface area contributed by atoms with E-state index in [-0.39, 0.29) is 24.1 Å². The van der Waals surface area contributed by atoms with Gasteiger partial charge in [0.25, 0.3) is 0 Å². The number of hydrogen-bond donors (Lipinski definition) is 3. The highest BCUT2D eigenvalue weighted by Crippen LogP contribution is 2.23. The number of phenols is 1. The number of aromatic nitrogens is 1. The standard InChI is InChI=1S/C21H23N3O2S/c1-2-17-13-27-21(23-17)19(11-14-6-8-16(22)9-7-14)24-20(26)12-15-4-3-5-18(25)10-15/h3-10,13,19,25H,2,11-12,22H2,1H3,(H,24,26). The molecule has 5 nitrogen and oxygen atoms in total. The fourth-order valence-electron chi connectivity index (χ4n) is 2.83. The van der Waals surface area contributed by atoms with Gasteiger partial charge in [-0.3, -0.25) is 4.79 Å². The Bertz CT molecular complexity index is 906. The molecule has 3 rings (SSSR count). The zero-order valence-electron chi connectivity index (χ0n) is 15.2. The Morgan fingerprint density at radius 2 is 2.00 bits per heavy atom. The first kappa shape index (κ1) is 18.9. The lowest BCUT2D eigenvalue weighted by Crippen LogP contribution is -2.31. The quantitative estimate of drug-likeness (QED) is 0.545. The minimum absolute atomic E-state index is 0.103. The van der Waals surface area contributed by atoms with Crippen LogP contribution in [0.5, 0.6) is 5.75 Å². The summed E-state index contributed by atoms with van der Waals surface area (Å²) in [5.41, 5.74) is 9.36. The van der Waals surface area contributed by atoms with Crippen LogP contribution in [0.25, 0.3) is 0 Å². The highest BCUT2D eigenvalue weighted by Gasteiger charge is 2.19. The van der Waals surface area contributed by atoms with Gasteiger partial charge < -0.3 is 16.2 Å². The number of anilines is 1. The van der Waals surface area contributed by atoms with E-state index in [1.807, 2.05) is 35.7 Å². The summed E-state index contributed by atoms with van der Waals surface area (Å²) in [6, 6.07) is 14.2. The highest BCUT2D eigenvalue weighted by atomic mass is 32.1. The van der Waals surface area contributed by atoms with Crippen LogP contribution in [0.4, 0.5) is 5.69 Å². The number of thiazole rings is 1. The molecule has 1 amide bonds. The summed E-state index contributed by atoms with van der Waals surface area (Å²) in [5, 5.41) is 15.6. The lowest BCUT2D eigenvalue weighted by molar-refractivity contribution is -0.121. The summed E-state index contributed by atoms with van der Waals surface area (Å²) in [5.74, 6) is 0.0560. The monoisotopic (exact) mass is 381 g/mol. The van der Waals surface area contributed by atoms with E-state index < -0.39 is 0 Å². The fraction of sp³-hybridized carbons (Fsp3) is 0.238. The summed E-state index contributed by atoms with van der Waals surface area (Å²) in [7, 11) is 0. The molecule has 27 heavy (non-hydrogen) atoms.